The summed E-state index contributed by atoms with van der Waals surface area (Å²) in [6.45, 7) is 3.70. The van der Waals surface area contributed by atoms with E-state index >= 15 is 0 Å². The summed E-state index contributed by atoms with van der Waals surface area (Å²) in [5, 5.41) is 0. The fourth-order valence-electron chi connectivity index (χ4n) is 1.10. The van der Waals surface area contributed by atoms with Crippen molar-refractivity contribution in [2.75, 3.05) is 14.2 Å². The SMILES string of the molecule is CC[C@H](OC)[C@@](C)(Br)C(=O)OC. The smallest absolute Gasteiger partial charge is 0.325 e. The van der Waals surface area contributed by atoms with E-state index in [0.717, 1.165) is 6.42 Å². The summed E-state index contributed by atoms with van der Waals surface area (Å²) >= 11 is 3.29. The molecule has 0 amide bonds. The normalized spacial score (nSPS) is 18.1. The van der Waals surface area contributed by atoms with E-state index in [4.69, 9.17) is 4.74 Å². The Morgan fingerprint density at radius 2 is 2.08 bits per heavy atom. The number of ether oxygens (including phenoxy) is 2. The third-order valence-corrected chi connectivity index (χ3v) is 2.68. The van der Waals surface area contributed by atoms with Gasteiger partial charge in [-0.15, -0.1) is 0 Å². The highest BCUT2D eigenvalue weighted by Crippen LogP contribution is 2.27. The Morgan fingerprint density at radius 3 is 2.33 bits per heavy atom. The van der Waals surface area contributed by atoms with Gasteiger partial charge < -0.3 is 9.47 Å². The maximum atomic E-state index is 11.2. The van der Waals surface area contributed by atoms with Gasteiger partial charge in [0.15, 0.2) is 0 Å². The standard InChI is InChI=1S/C8H15BrO3/c1-5-6(11-3)8(2,9)7(10)12-4/h6H,5H2,1-4H3/t6-,8+/m0/s1. The van der Waals surface area contributed by atoms with Gasteiger partial charge in [0.05, 0.1) is 13.2 Å². The third-order valence-electron chi connectivity index (χ3n) is 1.84. The van der Waals surface area contributed by atoms with Gasteiger partial charge in [0.1, 0.15) is 4.32 Å². The molecule has 0 unspecified atom stereocenters. The van der Waals surface area contributed by atoms with Crippen LogP contribution in [0.4, 0.5) is 0 Å². The zero-order chi connectivity index (χ0) is 9.78. The fraction of sp³-hybridized carbons (Fsp3) is 0.875. The molecule has 0 aromatic heterocycles. The predicted molar refractivity (Wildman–Crippen MR) is 50.4 cm³/mol. The summed E-state index contributed by atoms with van der Waals surface area (Å²) in [5.41, 5.74) is 0. The van der Waals surface area contributed by atoms with Crippen LogP contribution in [0.3, 0.4) is 0 Å². The molecule has 0 aliphatic carbocycles. The van der Waals surface area contributed by atoms with E-state index in [1.165, 1.54) is 7.11 Å². The average molecular weight is 239 g/mol. The van der Waals surface area contributed by atoms with Crippen molar-refractivity contribution in [3.8, 4) is 0 Å². The van der Waals surface area contributed by atoms with Gasteiger partial charge in [0, 0.05) is 7.11 Å². The molecule has 0 N–H and O–H groups in total. The topological polar surface area (TPSA) is 35.5 Å². The molecule has 0 heterocycles. The molecular weight excluding hydrogens is 224 g/mol. The Labute approximate surface area is 81.6 Å². The van der Waals surface area contributed by atoms with E-state index in [0.29, 0.717) is 0 Å². The Balaban J connectivity index is 4.44. The number of carbonyl (C=O) groups excluding carboxylic acids is 1. The third kappa shape index (κ3) is 2.45. The lowest BCUT2D eigenvalue weighted by Crippen LogP contribution is -2.42. The number of hydrogen-bond donors (Lipinski definition) is 0. The van der Waals surface area contributed by atoms with E-state index in [1.807, 2.05) is 6.92 Å². The van der Waals surface area contributed by atoms with Crippen LogP contribution in [0.1, 0.15) is 20.3 Å². The van der Waals surface area contributed by atoms with Gasteiger partial charge in [-0.3, -0.25) is 4.79 Å². The molecule has 0 bridgehead atoms. The van der Waals surface area contributed by atoms with Gasteiger partial charge in [-0.1, -0.05) is 22.9 Å². The van der Waals surface area contributed by atoms with Crippen LogP contribution in [0.15, 0.2) is 0 Å². The van der Waals surface area contributed by atoms with Crippen molar-refractivity contribution >= 4 is 21.9 Å². The Kier molecular flexibility index (Phi) is 4.78. The molecule has 0 aliphatic rings. The Morgan fingerprint density at radius 1 is 1.58 bits per heavy atom. The van der Waals surface area contributed by atoms with Crippen LogP contribution in [0.25, 0.3) is 0 Å². The van der Waals surface area contributed by atoms with Gasteiger partial charge >= 0.3 is 5.97 Å². The molecule has 0 aromatic carbocycles. The molecule has 0 spiro atoms. The van der Waals surface area contributed by atoms with Crippen molar-refractivity contribution < 1.29 is 14.3 Å². The first-order chi connectivity index (χ1) is 5.50. The van der Waals surface area contributed by atoms with E-state index in [2.05, 4.69) is 20.7 Å². The summed E-state index contributed by atoms with van der Waals surface area (Å²) < 4.78 is 9.03. The number of alkyl halides is 1. The van der Waals surface area contributed by atoms with Crippen LogP contribution < -0.4 is 0 Å². The molecular formula is C8H15BrO3. The molecule has 2 atom stereocenters. The number of esters is 1. The van der Waals surface area contributed by atoms with E-state index < -0.39 is 4.32 Å². The molecule has 0 fully saturated rings. The molecule has 0 aromatic rings. The highest BCUT2D eigenvalue weighted by atomic mass is 79.9. The molecule has 0 aliphatic heterocycles. The van der Waals surface area contributed by atoms with Crippen LogP contribution in [-0.2, 0) is 14.3 Å². The zero-order valence-corrected chi connectivity index (χ0v) is 9.47. The summed E-state index contributed by atoms with van der Waals surface area (Å²) in [4.78, 5) is 11.2. The lowest BCUT2D eigenvalue weighted by molar-refractivity contribution is -0.146. The van der Waals surface area contributed by atoms with Crippen LogP contribution in [0, 0.1) is 0 Å². The average Bonchev–Trinajstić information content (AvgIpc) is 2.04. The maximum absolute atomic E-state index is 11.2. The van der Waals surface area contributed by atoms with Crippen LogP contribution in [0.5, 0.6) is 0 Å². The largest absolute Gasteiger partial charge is 0.468 e. The van der Waals surface area contributed by atoms with Crippen molar-refractivity contribution in [2.45, 2.75) is 30.7 Å². The molecule has 0 saturated heterocycles. The molecule has 12 heavy (non-hydrogen) atoms. The molecule has 3 nitrogen and oxygen atoms in total. The zero-order valence-electron chi connectivity index (χ0n) is 7.89. The van der Waals surface area contributed by atoms with E-state index in [1.54, 1.807) is 14.0 Å². The van der Waals surface area contributed by atoms with Crippen molar-refractivity contribution in [3.63, 3.8) is 0 Å². The minimum Gasteiger partial charge on any atom is -0.468 e. The maximum Gasteiger partial charge on any atom is 0.325 e. The first-order valence-electron chi connectivity index (χ1n) is 3.80. The number of halogens is 1. The minimum atomic E-state index is -0.745. The van der Waals surface area contributed by atoms with Crippen LogP contribution in [-0.4, -0.2) is 30.6 Å². The first kappa shape index (κ1) is 11.9. The summed E-state index contributed by atoms with van der Waals surface area (Å²) in [7, 11) is 2.95. The molecule has 4 heteroatoms. The second-order valence-corrected chi connectivity index (χ2v) is 4.35. The van der Waals surface area contributed by atoms with Crippen molar-refractivity contribution in [1.82, 2.24) is 0 Å². The monoisotopic (exact) mass is 238 g/mol. The van der Waals surface area contributed by atoms with Crippen LogP contribution in [0.2, 0.25) is 0 Å². The van der Waals surface area contributed by atoms with Gasteiger partial charge in [0.25, 0.3) is 0 Å². The summed E-state index contributed by atoms with van der Waals surface area (Å²) in [6.07, 6.45) is 0.595. The van der Waals surface area contributed by atoms with E-state index in [-0.39, 0.29) is 12.1 Å². The molecule has 72 valence electrons. The van der Waals surface area contributed by atoms with Crippen molar-refractivity contribution in [1.29, 1.82) is 0 Å². The summed E-state index contributed by atoms with van der Waals surface area (Å²) in [6, 6.07) is 0. The second kappa shape index (κ2) is 4.82. The van der Waals surface area contributed by atoms with Crippen molar-refractivity contribution in [3.05, 3.63) is 0 Å². The van der Waals surface area contributed by atoms with E-state index in [9.17, 15) is 4.79 Å². The van der Waals surface area contributed by atoms with Gasteiger partial charge in [-0.2, -0.15) is 0 Å². The van der Waals surface area contributed by atoms with Crippen LogP contribution >= 0.6 is 15.9 Å². The second-order valence-electron chi connectivity index (χ2n) is 2.70. The molecule has 0 rings (SSSR count). The molecule has 0 radical (unpaired) electrons. The molecule has 0 saturated carbocycles. The summed E-state index contributed by atoms with van der Waals surface area (Å²) in [5.74, 6) is -0.309. The first-order valence-corrected chi connectivity index (χ1v) is 4.60. The minimum absolute atomic E-state index is 0.162. The predicted octanol–water partition coefficient (Wildman–Crippen LogP) is 1.74. The number of rotatable bonds is 4. The highest BCUT2D eigenvalue weighted by molar-refractivity contribution is 9.10. The fourth-order valence-corrected chi connectivity index (χ4v) is 1.77. The van der Waals surface area contributed by atoms with Gasteiger partial charge in [-0.05, 0) is 13.3 Å². The number of hydrogen-bond acceptors (Lipinski definition) is 3. The Bertz CT molecular complexity index is 152. The van der Waals surface area contributed by atoms with Gasteiger partial charge in [-0.25, -0.2) is 0 Å². The number of carbonyl (C=O) groups is 1. The number of methoxy groups -OCH3 is 2. The highest BCUT2D eigenvalue weighted by Gasteiger charge is 2.39. The van der Waals surface area contributed by atoms with Crippen molar-refractivity contribution in [2.24, 2.45) is 0 Å². The Hall–Kier alpha value is -0.0900. The lowest BCUT2D eigenvalue weighted by Gasteiger charge is -2.27. The lowest BCUT2D eigenvalue weighted by atomic mass is 10.0. The quantitative estimate of drug-likeness (QED) is 0.553. The van der Waals surface area contributed by atoms with Gasteiger partial charge in [0.2, 0.25) is 0 Å².